The Balaban J connectivity index is 1.96. The molecule has 1 aromatic heterocycles. The number of hydrogen-bond donors (Lipinski definition) is 1. The number of carbonyl (C=O) groups excluding carboxylic acids is 1. The molecule has 0 aliphatic heterocycles. The van der Waals surface area contributed by atoms with Crippen molar-refractivity contribution in [3.05, 3.63) is 41.1 Å². The fraction of sp³-hybridized carbons (Fsp3) is 0.500. The molecule has 1 heterocycles. The summed E-state index contributed by atoms with van der Waals surface area (Å²) in [5.41, 5.74) is 4.16. The van der Waals surface area contributed by atoms with Gasteiger partial charge in [-0.05, 0) is 57.1 Å². The van der Waals surface area contributed by atoms with E-state index in [9.17, 15) is 4.79 Å². The Labute approximate surface area is 145 Å². The Bertz CT molecular complexity index is 693. The third-order valence-corrected chi connectivity index (χ3v) is 4.69. The van der Waals surface area contributed by atoms with Crippen LogP contribution in [-0.2, 0) is 11.2 Å². The van der Waals surface area contributed by atoms with Crippen LogP contribution in [0.1, 0.15) is 37.1 Å². The third kappa shape index (κ3) is 4.54. The van der Waals surface area contributed by atoms with Crippen molar-refractivity contribution in [1.29, 1.82) is 0 Å². The standard InChI is InChI=1S/C20H29N3O/c1-5-23(6-2)13-9-12-21-20(24)14-18-15(3)17-10-7-8-11-19(17)22-16(18)4/h7-8,10-11H,5-6,9,12-14H2,1-4H3,(H,21,24). The number of pyridine rings is 1. The van der Waals surface area contributed by atoms with E-state index in [1.165, 1.54) is 0 Å². The SMILES string of the molecule is CCN(CC)CCCNC(=O)Cc1c(C)nc2ccccc2c1C. The van der Waals surface area contributed by atoms with Crippen molar-refractivity contribution in [3.8, 4) is 0 Å². The summed E-state index contributed by atoms with van der Waals surface area (Å²) in [4.78, 5) is 19.3. The molecule has 0 aliphatic rings. The van der Waals surface area contributed by atoms with E-state index in [0.29, 0.717) is 6.42 Å². The van der Waals surface area contributed by atoms with Gasteiger partial charge >= 0.3 is 0 Å². The fourth-order valence-electron chi connectivity index (χ4n) is 3.12. The number of fused-ring (bicyclic) bond motifs is 1. The lowest BCUT2D eigenvalue weighted by atomic mass is 9.99. The molecule has 0 radical (unpaired) electrons. The Hall–Kier alpha value is -1.94. The third-order valence-electron chi connectivity index (χ3n) is 4.69. The van der Waals surface area contributed by atoms with Crippen LogP contribution < -0.4 is 5.32 Å². The van der Waals surface area contributed by atoms with Gasteiger partial charge < -0.3 is 10.2 Å². The predicted octanol–water partition coefficient (Wildman–Crippen LogP) is 3.24. The Morgan fingerprint density at radius 3 is 2.58 bits per heavy atom. The van der Waals surface area contributed by atoms with Gasteiger partial charge in [-0.1, -0.05) is 32.0 Å². The quantitative estimate of drug-likeness (QED) is 0.757. The molecule has 4 nitrogen and oxygen atoms in total. The largest absolute Gasteiger partial charge is 0.356 e. The maximum atomic E-state index is 12.3. The molecule has 1 aromatic carbocycles. The van der Waals surface area contributed by atoms with Crippen LogP contribution in [0.5, 0.6) is 0 Å². The molecule has 2 rings (SSSR count). The van der Waals surface area contributed by atoms with Crippen molar-refractivity contribution < 1.29 is 4.79 Å². The number of benzene rings is 1. The van der Waals surface area contributed by atoms with Gasteiger partial charge in [0.25, 0.3) is 0 Å². The molecular weight excluding hydrogens is 298 g/mol. The molecule has 0 aliphatic carbocycles. The van der Waals surface area contributed by atoms with Crippen molar-refractivity contribution in [2.45, 2.75) is 40.5 Å². The van der Waals surface area contributed by atoms with Gasteiger partial charge in [-0.3, -0.25) is 9.78 Å². The van der Waals surface area contributed by atoms with E-state index in [-0.39, 0.29) is 5.91 Å². The highest BCUT2D eigenvalue weighted by molar-refractivity contribution is 5.86. The monoisotopic (exact) mass is 327 g/mol. The summed E-state index contributed by atoms with van der Waals surface area (Å²) in [5.74, 6) is 0.0813. The van der Waals surface area contributed by atoms with Gasteiger partial charge in [-0.25, -0.2) is 0 Å². The minimum absolute atomic E-state index is 0.0813. The predicted molar refractivity (Wildman–Crippen MR) is 100 cm³/mol. The first-order chi connectivity index (χ1) is 11.6. The average molecular weight is 327 g/mol. The molecule has 4 heteroatoms. The first kappa shape index (κ1) is 18.4. The van der Waals surface area contributed by atoms with Crippen LogP contribution >= 0.6 is 0 Å². The van der Waals surface area contributed by atoms with Crippen LogP contribution in [0.3, 0.4) is 0 Å². The van der Waals surface area contributed by atoms with Gasteiger partial charge in [0.15, 0.2) is 0 Å². The molecule has 0 saturated heterocycles. The molecule has 130 valence electrons. The summed E-state index contributed by atoms with van der Waals surface area (Å²) in [7, 11) is 0. The van der Waals surface area contributed by atoms with Gasteiger partial charge in [-0.15, -0.1) is 0 Å². The smallest absolute Gasteiger partial charge is 0.224 e. The van der Waals surface area contributed by atoms with Gasteiger partial charge in [0.1, 0.15) is 0 Å². The summed E-state index contributed by atoms with van der Waals surface area (Å²) in [6.07, 6.45) is 1.39. The minimum atomic E-state index is 0.0813. The molecule has 2 aromatic rings. The molecule has 0 fully saturated rings. The lowest BCUT2D eigenvalue weighted by molar-refractivity contribution is -0.120. The lowest BCUT2D eigenvalue weighted by Crippen LogP contribution is -2.31. The maximum absolute atomic E-state index is 12.3. The van der Waals surface area contributed by atoms with Crippen LogP contribution in [-0.4, -0.2) is 42.0 Å². The number of aryl methyl sites for hydroxylation is 2. The van der Waals surface area contributed by atoms with Crippen molar-refractivity contribution in [1.82, 2.24) is 15.2 Å². The van der Waals surface area contributed by atoms with E-state index >= 15 is 0 Å². The first-order valence-electron chi connectivity index (χ1n) is 8.90. The van der Waals surface area contributed by atoms with Crippen LogP contribution in [0.4, 0.5) is 0 Å². The molecule has 0 atom stereocenters. The lowest BCUT2D eigenvalue weighted by Gasteiger charge is -2.18. The highest BCUT2D eigenvalue weighted by Crippen LogP contribution is 2.22. The maximum Gasteiger partial charge on any atom is 0.224 e. The Kier molecular flexibility index (Phi) is 6.73. The minimum Gasteiger partial charge on any atom is -0.356 e. The highest BCUT2D eigenvalue weighted by atomic mass is 16.1. The number of para-hydroxylation sites is 1. The second kappa shape index (κ2) is 8.78. The summed E-state index contributed by atoms with van der Waals surface area (Å²) >= 11 is 0. The summed E-state index contributed by atoms with van der Waals surface area (Å²) < 4.78 is 0. The number of rotatable bonds is 8. The Morgan fingerprint density at radius 1 is 1.17 bits per heavy atom. The first-order valence-corrected chi connectivity index (χ1v) is 8.90. The number of aromatic nitrogens is 1. The number of nitrogens with one attached hydrogen (secondary N) is 1. The van der Waals surface area contributed by atoms with Gasteiger partial charge in [0.2, 0.25) is 5.91 Å². The summed E-state index contributed by atoms with van der Waals surface area (Å²) in [5, 5.41) is 4.18. The molecule has 1 N–H and O–H groups in total. The van der Waals surface area contributed by atoms with Crippen molar-refractivity contribution in [3.63, 3.8) is 0 Å². The summed E-state index contributed by atoms with van der Waals surface area (Å²) in [6.45, 7) is 12.3. The van der Waals surface area contributed by atoms with Crippen molar-refractivity contribution in [2.24, 2.45) is 0 Å². The molecule has 1 amide bonds. The number of amides is 1. The summed E-state index contributed by atoms with van der Waals surface area (Å²) in [6, 6.07) is 8.11. The average Bonchev–Trinajstić information content (AvgIpc) is 2.59. The normalized spacial score (nSPS) is 11.2. The van der Waals surface area contributed by atoms with Crippen molar-refractivity contribution in [2.75, 3.05) is 26.2 Å². The molecule has 0 saturated carbocycles. The molecule has 24 heavy (non-hydrogen) atoms. The van der Waals surface area contributed by atoms with E-state index in [0.717, 1.165) is 60.3 Å². The molecule has 0 spiro atoms. The molecule has 0 bridgehead atoms. The number of nitrogens with zero attached hydrogens (tertiary/aromatic N) is 2. The number of hydrogen-bond acceptors (Lipinski definition) is 3. The highest BCUT2D eigenvalue weighted by Gasteiger charge is 2.12. The number of carbonyl (C=O) groups is 1. The van der Waals surface area contributed by atoms with Crippen LogP contribution in [0.25, 0.3) is 10.9 Å². The van der Waals surface area contributed by atoms with E-state index < -0.39 is 0 Å². The second-order valence-corrected chi connectivity index (χ2v) is 6.23. The van der Waals surface area contributed by atoms with Crippen LogP contribution in [0.15, 0.2) is 24.3 Å². The van der Waals surface area contributed by atoms with E-state index in [4.69, 9.17) is 0 Å². The fourth-order valence-corrected chi connectivity index (χ4v) is 3.12. The zero-order valence-electron chi connectivity index (χ0n) is 15.4. The van der Waals surface area contributed by atoms with Crippen molar-refractivity contribution >= 4 is 16.8 Å². The van der Waals surface area contributed by atoms with Crippen LogP contribution in [0.2, 0.25) is 0 Å². The zero-order chi connectivity index (χ0) is 17.5. The molecular formula is C20H29N3O. The topological polar surface area (TPSA) is 45.2 Å². The van der Waals surface area contributed by atoms with Gasteiger partial charge in [0.05, 0.1) is 11.9 Å². The Morgan fingerprint density at radius 2 is 1.88 bits per heavy atom. The van der Waals surface area contributed by atoms with Gasteiger partial charge in [-0.2, -0.15) is 0 Å². The zero-order valence-corrected chi connectivity index (χ0v) is 15.4. The van der Waals surface area contributed by atoms with Gasteiger partial charge in [0, 0.05) is 17.6 Å². The molecule has 0 unspecified atom stereocenters. The van der Waals surface area contributed by atoms with Crippen LogP contribution in [0, 0.1) is 13.8 Å². The van der Waals surface area contributed by atoms with E-state index in [2.05, 4.69) is 42.0 Å². The van der Waals surface area contributed by atoms with E-state index in [1.807, 2.05) is 25.1 Å². The van der Waals surface area contributed by atoms with E-state index in [1.54, 1.807) is 0 Å². The second-order valence-electron chi connectivity index (χ2n) is 6.23.